The monoisotopic (exact) mass is 341 g/mol. The Hall–Kier alpha value is -0.730. The quantitative estimate of drug-likeness (QED) is 0.719. The van der Waals surface area contributed by atoms with Crippen molar-refractivity contribution in [2.24, 2.45) is 0 Å². The molecule has 0 bridgehead atoms. The van der Waals surface area contributed by atoms with Gasteiger partial charge in [0.15, 0.2) is 0 Å². The molecular formula is C17H18Cl3N. The summed E-state index contributed by atoms with van der Waals surface area (Å²) in [6.07, 6.45) is 0.837. The van der Waals surface area contributed by atoms with Gasteiger partial charge in [0.1, 0.15) is 0 Å². The predicted molar refractivity (Wildman–Crippen MR) is 92.8 cm³/mol. The van der Waals surface area contributed by atoms with Crippen molar-refractivity contribution >= 4 is 34.8 Å². The predicted octanol–water partition coefficient (Wildman–Crippen LogP) is 5.85. The van der Waals surface area contributed by atoms with Crippen LogP contribution in [0.1, 0.15) is 29.7 Å². The Kier molecular flexibility index (Phi) is 5.95. The van der Waals surface area contributed by atoms with Crippen LogP contribution in [-0.2, 0) is 6.42 Å². The molecule has 0 aliphatic heterocycles. The van der Waals surface area contributed by atoms with Crippen LogP contribution in [0.4, 0.5) is 0 Å². The summed E-state index contributed by atoms with van der Waals surface area (Å²) in [6, 6.07) is 12.2. The number of benzene rings is 2. The van der Waals surface area contributed by atoms with Gasteiger partial charge in [-0.15, -0.1) is 0 Å². The lowest BCUT2D eigenvalue weighted by Crippen LogP contribution is -2.23. The number of aryl methyl sites for hydroxylation is 1. The number of nitrogens with one attached hydrogen (secondary N) is 1. The summed E-state index contributed by atoms with van der Waals surface area (Å²) < 4.78 is 0. The molecule has 0 aromatic heterocycles. The molecule has 0 aliphatic rings. The minimum absolute atomic E-state index is 0.199. The summed E-state index contributed by atoms with van der Waals surface area (Å²) in [5.41, 5.74) is 3.41. The van der Waals surface area contributed by atoms with Crippen LogP contribution in [0.3, 0.4) is 0 Å². The summed E-state index contributed by atoms with van der Waals surface area (Å²) in [6.45, 7) is 4.99. The van der Waals surface area contributed by atoms with Gasteiger partial charge < -0.3 is 5.32 Å². The molecular weight excluding hydrogens is 325 g/mol. The van der Waals surface area contributed by atoms with E-state index in [2.05, 4.69) is 24.4 Å². The number of rotatable bonds is 5. The lowest BCUT2D eigenvalue weighted by Gasteiger charge is -2.19. The van der Waals surface area contributed by atoms with E-state index in [9.17, 15) is 0 Å². The second-order valence-corrected chi connectivity index (χ2v) is 6.29. The molecule has 0 saturated carbocycles. The minimum Gasteiger partial charge on any atom is -0.310 e. The minimum atomic E-state index is 0.199. The summed E-state index contributed by atoms with van der Waals surface area (Å²) in [5.74, 6) is 0. The molecule has 0 radical (unpaired) electrons. The first kappa shape index (κ1) is 16.6. The number of halogens is 3. The zero-order valence-corrected chi connectivity index (χ0v) is 14.4. The Morgan fingerprint density at radius 2 is 1.71 bits per heavy atom. The zero-order chi connectivity index (χ0) is 15.4. The number of hydrogen-bond acceptors (Lipinski definition) is 1. The molecule has 112 valence electrons. The van der Waals surface area contributed by atoms with E-state index in [1.165, 1.54) is 5.56 Å². The first-order chi connectivity index (χ1) is 10.0. The summed E-state index contributed by atoms with van der Waals surface area (Å²) in [7, 11) is 0. The van der Waals surface area contributed by atoms with Crippen molar-refractivity contribution in [1.29, 1.82) is 0 Å². The van der Waals surface area contributed by atoms with Crippen LogP contribution in [0, 0.1) is 6.92 Å². The maximum atomic E-state index is 6.24. The topological polar surface area (TPSA) is 12.0 Å². The van der Waals surface area contributed by atoms with Gasteiger partial charge in [-0.05, 0) is 54.8 Å². The van der Waals surface area contributed by atoms with Crippen LogP contribution in [0.15, 0.2) is 36.4 Å². The molecule has 0 aliphatic carbocycles. The molecule has 0 amide bonds. The lowest BCUT2D eigenvalue weighted by atomic mass is 9.98. The van der Waals surface area contributed by atoms with E-state index in [4.69, 9.17) is 34.8 Å². The van der Waals surface area contributed by atoms with Gasteiger partial charge in [0.25, 0.3) is 0 Å². The second kappa shape index (κ2) is 7.51. The standard InChI is InChI=1S/C17H18Cl3N/c1-3-21-17(13-6-4-11(2)15(19)10-13)9-12-5-7-14(18)16(20)8-12/h4-8,10,17,21H,3,9H2,1-2H3. The molecule has 0 saturated heterocycles. The molecule has 1 nitrogen and oxygen atoms in total. The summed E-state index contributed by atoms with van der Waals surface area (Å²) >= 11 is 18.3. The second-order valence-electron chi connectivity index (χ2n) is 5.07. The van der Waals surface area contributed by atoms with Crippen molar-refractivity contribution in [3.63, 3.8) is 0 Å². The Morgan fingerprint density at radius 3 is 2.33 bits per heavy atom. The highest BCUT2D eigenvalue weighted by molar-refractivity contribution is 6.42. The first-order valence-electron chi connectivity index (χ1n) is 6.94. The molecule has 2 aromatic rings. The third kappa shape index (κ3) is 4.37. The maximum absolute atomic E-state index is 6.24. The van der Waals surface area contributed by atoms with Crippen LogP contribution in [0.25, 0.3) is 0 Å². The fraction of sp³-hybridized carbons (Fsp3) is 0.294. The molecule has 0 heterocycles. The van der Waals surface area contributed by atoms with Gasteiger partial charge in [-0.3, -0.25) is 0 Å². The van der Waals surface area contributed by atoms with E-state index in [1.54, 1.807) is 0 Å². The molecule has 0 fully saturated rings. The average Bonchev–Trinajstić information content (AvgIpc) is 2.45. The highest BCUT2D eigenvalue weighted by Crippen LogP contribution is 2.27. The van der Waals surface area contributed by atoms with Gasteiger partial charge in [0.05, 0.1) is 10.0 Å². The average molecular weight is 343 g/mol. The Bertz CT molecular complexity index is 625. The van der Waals surface area contributed by atoms with Crippen molar-refractivity contribution in [2.45, 2.75) is 26.3 Å². The van der Waals surface area contributed by atoms with Crippen molar-refractivity contribution in [2.75, 3.05) is 6.54 Å². The van der Waals surface area contributed by atoms with Gasteiger partial charge in [-0.1, -0.05) is 59.9 Å². The molecule has 1 atom stereocenters. The molecule has 2 aromatic carbocycles. The van der Waals surface area contributed by atoms with E-state index >= 15 is 0 Å². The molecule has 2 rings (SSSR count). The van der Waals surface area contributed by atoms with Crippen LogP contribution in [0.2, 0.25) is 15.1 Å². The van der Waals surface area contributed by atoms with Crippen LogP contribution < -0.4 is 5.32 Å². The van der Waals surface area contributed by atoms with Gasteiger partial charge in [-0.2, -0.15) is 0 Å². The van der Waals surface area contributed by atoms with E-state index in [1.807, 2.05) is 31.2 Å². The van der Waals surface area contributed by atoms with Crippen molar-refractivity contribution in [3.05, 3.63) is 68.2 Å². The molecule has 1 N–H and O–H groups in total. The van der Waals surface area contributed by atoms with Gasteiger partial charge in [0.2, 0.25) is 0 Å². The van der Waals surface area contributed by atoms with E-state index < -0.39 is 0 Å². The highest BCUT2D eigenvalue weighted by atomic mass is 35.5. The third-order valence-electron chi connectivity index (χ3n) is 3.47. The number of likely N-dealkylation sites (N-methyl/N-ethyl adjacent to an activating group) is 1. The van der Waals surface area contributed by atoms with E-state index in [-0.39, 0.29) is 6.04 Å². The van der Waals surface area contributed by atoms with Crippen LogP contribution in [-0.4, -0.2) is 6.54 Å². The van der Waals surface area contributed by atoms with Gasteiger partial charge in [-0.25, -0.2) is 0 Å². The Labute approximate surface area is 141 Å². The lowest BCUT2D eigenvalue weighted by molar-refractivity contribution is 0.550. The van der Waals surface area contributed by atoms with Crippen molar-refractivity contribution in [1.82, 2.24) is 5.32 Å². The summed E-state index contributed by atoms with van der Waals surface area (Å²) in [5, 5.41) is 5.46. The summed E-state index contributed by atoms with van der Waals surface area (Å²) in [4.78, 5) is 0. The molecule has 0 spiro atoms. The SMILES string of the molecule is CCNC(Cc1ccc(Cl)c(Cl)c1)c1ccc(C)c(Cl)c1. The van der Waals surface area contributed by atoms with Crippen LogP contribution in [0.5, 0.6) is 0 Å². The third-order valence-corrected chi connectivity index (χ3v) is 4.62. The highest BCUT2D eigenvalue weighted by Gasteiger charge is 2.13. The molecule has 1 unspecified atom stereocenters. The fourth-order valence-corrected chi connectivity index (χ4v) is 2.79. The van der Waals surface area contributed by atoms with Crippen LogP contribution >= 0.6 is 34.8 Å². The largest absolute Gasteiger partial charge is 0.310 e. The van der Waals surface area contributed by atoms with E-state index in [0.717, 1.165) is 29.1 Å². The maximum Gasteiger partial charge on any atom is 0.0595 e. The fourth-order valence-electron chi connectivity index (χ4n) is 2.28. The Morgan fingerprint density at radius 1 is 0.952 bits per heavy atom. The van der Waals surface area contributed by atoms with Gasteiger partial charge >= 0.3 is 0 Å². The van der Waals surface area contributed by atoms with Crippen molar-refractivity contribution < 1.29 is 0 Å². The smallest absolute Gasteiger partial charge is 0.0595 e. The molecule has 21 heavy (non-hydrogen) atoms. The van der Waals surface area contributed by atoms with E-state index in [0.29, 0.717) is 10.0 Å². The molecule has 4 heteroatoms. The Balaban J connectivity index is 2.25. The van der Waals surface area contributed by atoms with Gasteiger partial charge in [0, 0.05) is 11.1 Å². The number of hydrogen-bond donors (Lipinski definition) is 1. The zero-order valence-electron chi connectivity index (χ0n) is 12.1. The van der Waals surface area contributed by atoms with Crippen molar-refractivity contribution in [3.8, 4) is 0 Å². The normalized spacial score (nSPS) is 12.4. The first-order valence-corrected chi connectivity index (χ1v) is 8.08.